The second-order valence-electron chi connectivity index (χ2n) is 8.42. The summed E-state index contributed by atoms with van der Waals surface area (Å²) in [6.45, 7) is 0.902. The van der Waals surface area contributed by atoms with Crippen LogP contribution in [-0.2, 0) is 13.1 Å². The van der Waals surface area contributed by atoms with Crippen LogP contribution in [0.2, 0.25) is 0 Å². The lowest BCUT2D eigenvalue weighted by Gasteiger charge is -2.46. The second kappa shape index (κ2) is 9.72. The number of hydrogen-bond donors (Lipinski definition) is 0. The Bertz CT molecular complexity index is 1360. The molecular formula is C28H22BrN3O3. The number of non-ortho nitro benzene ring substituents is 1. The average molecular weight is 528 g/mol. The largest absolute Gasteiger partial charge is 0.342 e. The van der Waals surface area contributed by atoms with Crippen molar-refractivity contribution < 1.29 is 9.72 Å². The minimum Gasteiger partial charge on any atom is -0.342 e. The minimum atomic E-state index is -0.461. The van der Waals surface area contributed by atoms with Gasteiger partial charge in [-0.15, -0.1) is 0 Å². The molecule has 4 aromatic carbocycles. The standard InChI is InChI=1S/C28H22BrN3O3/c29-23-13-11-22(12-14-23)27-30(18-20-7-3-1-4-8-20)26-16-15-24(32(34)35)17-25(26)28(33)31(27)19-21-9-5-2-6-10-21/h1-17,27H,18-19H2/t27-/m0/s1. The maximum absolute atomic E-state index is 13.9. The van der Waals surface area contributed by atoms with E-state index in [1.54, 1.807) is 11.0 Å². The zero-order chi connectivity index (χ0) is 24.4. The number of hydrogen-bond acceptors (Lipinski definition) is 4. The maximum Gasteiger partial charge on any atom is 0.270 e. The van der Waals surface area contributed by atoms with E-state index in [2.05, 4.69) is 20.8 Å². The number of carbonyl (C=O) groups excluding carboxylic acids is 1. The molecule has 174 valence electrons. The number of anilines is 1. The quantitative estimate of drug-likeness (QED) is 0.206. The van der Waals surface area contributed by atoms with Gasteiger partial charge < -0.3 is 9.80 Å². The first-order valence-corrected chi connectivity index (χ1v) is 12.0. The van der Waals surface area contributed by atoms with Gasteiger partial charge in [-0.05, 0) is 34.9 Å². The molecule has 0 bridgehead atoms. The van der Waals surface area contributed by atoms with Crippen molar-refractivity contribution in [1.82, 2.24) is 4.90 Å². The van der Waals surface area contributed by atoms with Crippen molar-refractivity contribution in [3.63, 3.8) is 0 Å². The normalized spacial score (nSPS) is 15.1. The number of rotatable bonds is 6. The van der Waals surface area contributed by atoms with E-state index < -0.39 is 11.1 Å². The maximum atomic E-state index is 13.9. The third kappa shape index (κ3) is 4.68. The van der Waals surface area contributed by atoms with E-state index in [9.17, 15) is 14.9 Å². The Kier molecular flexibility index (Phi) is 6.33. The Morgan fingerprint density at radius 3 is 1.91 bits per heavy atom. The molecule has 0 spiro atoms. The van der Waals surface area contributed by atoms with Crippen LogP contribution in [0, 0.1) is 10.1 Å². The molecule has 1 heterocycles. The predicted octanol–water partition coefficient (Wildman–Crippen LogP) is 6.72. The van der Waals surface area contributed by atoms with E-state index in [-0.39, 0.29) is 11.6 Å². The molecule has 35 heavy (non-hydrogen) atoms. The molecule has 0 saturated heterocycles. The third-order valence-electron chi connectivity index (χ3n) is 6.14. The summed E-state index contributed by atoms with van der Waals surface area (Å²) in [6.07, 6.45) is -0.398. The fourth-order valence-corrected chi connectivity index (χ4v) is 4.77. The molecule has 0 N–H and O–H groups in total. The van der Waals surface area contributed by atoms with Gasteiger partial charge in [-0.3, -0.25) is 14.9 Å². The summed E-state index contributed by atoms with van der Waals surface area (Å²) in [5.41, 5.74) is 3.93. The molecule has 1 amide bonds. The number of benzene rings is 4. The van der Waals surface area contributed by atoms with Crippen molar-refractivity contribution in [2.75, 3.05) is 4.90 Å². The first kappa shape index (κ1) is 22.8. The molecule has 1 aliphatic rings. The monoisotopic (exact) mass is 527 g/mol. The Labute approximate surface area is 211 Å². The van der Waals surface area contributed by atoms with E-state index in [4.69, 9.17) is 0 Å². The molecule has 0 saturated carbocycles. The number of fused-ring (bicyclic) bond motifs is 1. The van der Waals surface area contributed by atoms with Gasteiger partial charge >= 0.3 is 0 Å². The summed E-state index contributed by atoms with van der Waals surface area (Å²) in [5.74, 6) is -0.232. The number of carbonyl (C=O) groups is 1. The SMILES string of the molecule is O=C1c2cc([N+](=O)[O-])ccc2N(Cc2ccccc2)[C@H](c2ccc(Br)cc2)N1Cc1ccccc1. The highest BCUT2D eigenvalue weighted by atomic mass is 79.9. The van der Waals surface area contributed by atoms with E-state index in [0.29, 0.717) is 24.3 Å². The van der Waals surface area contributed by atoms with Gasteiger partial charge in [-0.2, -0.15) is 0 Å². The smallest absolute Gasteiger partial charge is 0.270 e. The summed E-state index contributed by atoms with van der Waals surface area (Å²) in [6, 6.07) is 32.3. The van der Waals surface area contributed by atoms with E-state index >= 15 is 0 Å². The molecule has 4 aromatic rings. The highest BCUT2D eigenvalue weighted by molar-refractivity contribution is 9.10. The zero-order valence-corrected chi connectivity index (χ0v) is 20.3. The minimum absolute atomic E-state index is 0.0986. The summed E-state index contributed by atoms with van der Waals surface area (Å²) in [4.78, 5) is 28.9. The highest BCUT2D eigenvalue weighted by Gasteiger charge is 2.39. The van der Waals surface area contributed by atoms with Crippen molar-refractivity contribution in [3.8, 4) is 0 Å². The van der Waals surface area contributed by atoms with Gasteiger partial charge in [0.05, 0.1) is 16.2 Å². The van der Waals surface area contributed by atoms with E-state index in [0.717, 1.165) is 21.2 Å². The molecule has 1 aliphatic heterocycles. The van der Waals surface area contributed by atoms with Gasteiger partial charge in [0.25, 0.3) is 11.6 Å². The van der Waals surface area contributed by atoms with Crippen LogP contribution in [-0.4, -0.2) is 15.7 Å². The fraction of sp³-hybridized carbons (Fsp3) is 0.107. The molecule has 0 radical (unpaired) electrons. The van der Waals surface area contributed by atoms with Crippen LogP contribution < -0.4 is 4.90 Å². The van der Waals surface area contributed by atoms with Gasteiger partial charge in [0.15, 0.2) is 0 Å². The number of halogens is 1. The topological polar surface area (TPSA) is 66.7 Å². The van der Waals surface area contributed by atoms with Crippen LogP contribution in [0.25, 0.3) is 0 Å². The fourth-order valence-electron chi connectivity index (χ4n) is 4.51. The number of nitro groups is 1. The molecule has 7 heteroatoms. The molecule has 0 aromatic heterocycles. The van der Waals surface area contributed by atoms with Gasteiger partial charge in [-0.25, -0.2) is 0 Å². The van der Waals surface area contributed by atoms with Crippen LogP contribution >= 0.6 is 15.9 Å². The Balaban J connectivity index is 1.69. The van der Waals surface area contributed by atoms with Crippen molar-refractivity contribution >= 4 is 33.2 Å². The second-order valence-corrected chi connectivity index (χ2v) is 9.33. The van der Waals surface area contributed by atoms with Crippen LogP contribution in [0.1, 0.15) is 33.2 Å². The summed E-state index contributed by atoms with van der Waals surface area (Å²) in [5, 5.41) is 11.5. The lowest BCUT2D eigenvalue weighted by molar-refractivity contribution is -0.384. The van der Waals surface area contributed by atoms with Crippen molar-refractivity contribution in [2.45, 2.75) is 19.3 Å². The molecule has 0 aliphatic carbocycles. The summed E-state index contributed by atoms with van der Waals surface area (Å²) < 4.78 is 0.948. The van der Waals surface area contributed by atoms with Crippen molar-refractivity contribution in [1.29, 1.82) is 0 Å². The van der Waals surface area contributed by atoms with E-state index in [1.807, 2.05) is 84.9 Å². The highest BCUT2D eigenvalue weighted by Crippen LogP contribution is 2.42. The molecule has 5 rings (SSSR count). The van der Waals surface area contributed by atoms with Crippen molar-refractivity contribution in [2.24, 2.45) is 0 Å². The van der Waals surface area contributed by atoms with Gasteiger partial charge in [-0.1, -0.05) is 88.7 Å². The summed E-state index contributed by atoms with van der Waals surface area (Å²) >= 11 is 3.51. The predicted molar refractivity (Wildman–Crippen MR) is 139 cm³/mol. The van der Waals surface area contributed by atoms with Crippen LogP contribution in [0.5, 0.6) is 0 Å². The lowest BCUT2D eigenvalue weighted by Crippen LogP contribution is -2.48. The van der Waals surface area contributed by atoms with Crippen LogP contribution in [0.15, 0.2) is 108 Å². The Morgan fingerprint density at radius 1 is 0.771 bits per heavy atom. The molecule has 0 fully saturated rings. The average Bonchev–Trinajstić information content (AvgIpc) is 2.88. The Morgan fingerprint density at radius 2 is 1.34 bits per heavy atom. The first-order valence-electron chi connectivity index (χ1n) is 11.2. The van der Waals surface area contributed by atoms with Crippen LogP contribution in [0.3, 0.4) is 0 Å². The first-order chi connectivity index (χ1) is 17.0. The molecule has 1 atom stereocenters. The number of nitrogens with zero attached hydrogens (tertiary/aromatic N) is 3. The van der Waals surface area contributed by atoms with Crippen LogP contribution in [0.4, 0.5) is 11.4 Å². The molecule has 0 unspecified atom stereocenters. The number of amides is 1. The zero-order valence-electron chi connectivity index (χ0n) is 18.8. The van der Waals surface area contributed by atoms with Gasteiger partial charge in [0.2, 0.25) is 0 Å². The summed E-state index contributed by atoms with van der Waals surface area (Å²) in [7, 11) is 0. The number of nitro benzene ring substituents is 1. The van der Waals surface area contributed by atoms with Gasteiger partial charge in [0, 0.05) is 29.7 Å². The third-order valence-corrected chi connectivity index (χ3v) is 6.67. The van der Waals surface area contributed by atoms with E-state index in [1.165, 1.54) is 12.1 Å². The van der Waals surface area contributed by atoms with Crippen molar-refractivity contribution in [3.05, 3.63) is 140 Å². The van der Waals surface area contributed by atoms with Gasteiger partial charge in [0.1, 0.15) is 6.17 Å². The lowest BCUT2D eigenvalue weighted by atomic mass is 9.98. The molecular weight excluding hydrogens is 506 g/mol. The molecule has 6 nitrogen and oxygen atoms in total. The Hall–Kier alpha value is -3.97.